The molecule has 0 bridgehead atoms. The molecule has 0 fully saturated rings. The lowest BCUT2D eigenvalue weighted by Gasteiger charge is -2.35. The molecule has 1 aliphatic heterocycles. The predicted octanol–water partition coefficient (Wildman–Crippen LogP) is 5.33. The van der Waals surface area contributed by atoms with Crippen molar-refractivity contribution in [3.8, 4) is 5.69 Å². The average Bonchev–Trinajstić information content (AvgIpc) is 2.89. The van der Waals surface area contributed by atoms with Crippen LogP contribution in [0.15, 0.2) is 47.3 Å². The van der Waals surface area contributed by atoms with E-state index in [1.165, 1.54) is 0 Å². The van der Waals surface area contributed by atoms with Crippen LogP contribution in [0.1, 0.15) is 66.6 Å². The molecule has 39 heavy (non-hydrogen) atoms. The highest BCUT2D eigenvalue weighted by atomic mass is 35.5. The second-order valence-electron chi connectivity index (χ2n) is 11.0. The second-order valence-corrected chi connectivity index (χ2v) is 11.8. The summed E-state index contributed by atoms with van der Waals surface area (Å²) in [6.45, 7) is 10.4. The number of hydrogen-bond donors (Lipinski definition) is 2. The molecule has 4 rings (SSSR count). The summed E-state index contributed by atoms with van der Waals surface area (Å²) in [5.74, 6) is -0.0388. The highest BCUT2D eigenvalue weighted by Gasteiger charge is 2.33. The largest absolute Gasteiger partial charge is 0.355 e. The minimum Gasteiger partial charge on any atom is -0.355 e. The zero-order valence-corrected chi connectivity index (χ0v) is 24.4. The van der Waals surface area contributed by atoms with Gasteiger partial charge in [-0.1, -0.05) is 44.0 Å². The molecule has 0 radical (unpaired) electrons. The predicted molar refractivity (Wildman–Crippen MR) is 155 cm³/mol. The van der Waals surface area contributed by atoms with E-state index in [4.69, 9.17) is 28.2 Å². The Morgan fingerprint density at radius 2 is 1.69 bits per heavy atom. The first kappa shape index (κ1) is 28.6. The molecule has 2 aromatic carbocycles. The first-order valence-corrected chi connectivity index (χ1v) is 13.6. The summed E-state index contributed by atoms with van der Waals surface area (Å²) in [5.41, 5.74) is 2.29. The number of nitrogens with zero attached hydrogens (tertiary/aromatic N) is 3. The van der Waals surface area contributed by atoms with Crippen LogP contribution in [0.3, 0.4) is 0 Å². The Morgan fingerprint density at radius 1 is 1.05 bits per heavy atom. The second kappa shape index (κ2) is 11.0. The normalized spacial score (nSPS) is 15.9. The van der Waals surface area contributed by atoms with Crippen LogP contribution >= 0.6 is 23.2 Å². The smallest absolute Gasteiger partial charge is 0.263 e. The summed E-state index contributed by atoms with van der Waals surface area (Å²) >= 11 is 12.2. The van der Waals surface area contributed by atoms with Crippen molar-refractivity contribution < 1.29 is 9.59 Å². The van der Waals surface area contributed by atoms with Gasteiger partial charge in [0.25, 0.3) is 17.4 Å². The Kier molecular flexibility index (Phi) is 8.09. The Bertz CT molecular complexity index is 1480. The number of carbonyl (C=O) groups excluding carboxylic acids is 2. The topological polar surface area (TPSA) is 96.3 Å². The third kappa shape index (κ3) is 5.82. The van der Waals surface area contributed by atoms with Gasteiger partial charge in [-0.3, -0.25) is 14.4 Å². The number of aromatic nitrogens is 2. The molecule has 1 aliphatic rings. The zero-order valence-electron chi connectivity index (χ0n) is 22.9. The molecule has 10 heteroatoms. The van der Waals surface area contributed by atoms with Crippen LogP contribution in [0.25, 0.3) is 5.69 Å². The molecule has 0 saturated carbocycles. The molecule has 0 aliphatic carbocycles. The minimum absolute atomic E-state index is 0.0321. The summed E-state index contributed by atoms with van der Waals surface area (Å²) < 4.78 is 1.55. The van der Waals surface area contributed by atoms with Crippen LogP contribution in [-0.2, 0) is 13.0 Å². The number of halogens is 2. The average molecular weight is 571 g/mol. The molecular weight excluding hydrogens is 537 g/mol. The number of benzene rings is 2. The van der Waals surface area contributed by atoms with E-state index in [0.717, 1.165) is 0 Å². The van der Waals surface area contributed by atoms with Crippen LogP contribution in [0.2, 0.25) is 10.0 Å². The third-order valence-corrected chi connectivity index (χ3v) is 8.04. The lowest BCUT2D eigenvalue weighted by atomic mass is 9.88. The van der Waals surface area contributed by atoms with Gasteiger partial charge >= 0.3 is 0 Å². The molecule has 2 atom stereocenters. The van der Waals surface area contributed by atoms with Gasteiger partial charge in [-0.25, -0.2) is 9.55 Å². The fraction of sp³-hybridized carbons (Fsp3) is 0.379. The highest BCUT2D eigenvalue weighted by molar-refractivity contribution is 6.42. The SMILES string of the molecule is CNC(=O)c1ccc(-n2c(N[C@H](C)C(C)(C)C)nc3c(c2=O)C[C@@H](C)N(C(=O)c2ccc(Cl)c(Cl)c2)C3)cc1. The number of fused-ring (bicyclic) bond motifs is 1. The minimum atomic E-state index is -0.245. The molecule has 2 N–H and O–H groups in total. The van der Waals surface area contributed by atoms with Crippen LogP contribution < -0.4 is 16.2 Å². The summed E-state index contributed by atoms with van der Waals surface area (Å²) in [6, 6.07) is 11.3. The quantitative estimate of drug-likeness (QED) is 0.432. The van der Waals surface area contributed by atoms with Crippen molar-refractivity contribution in [2.75, 3.05) is 12.4 Å². The highest BCUT2D eigenvalue weighted by Crippen LogP contribution is 2.29. The van der Waals surface area contributed by atoms with Gasteiger partial charge in [0, 0.05) is 35.8 Å². The Hall–Kier alpha value is -3.36. The lowest BCUT2D eigenvalue weighted by Crippen LogP contribution is -2.46. The van der Waals surface area contributed by atoms with Crippen LogP contribution in [-0.4, -0.2) is 45.4 Å². The fourth-order valence-corrected chi connectivity index (χ4v) is 4.68. The molecule has 0 spiro atoms. The standard InChI is InChI=1S/C29H33Cl2N5O3/c1-16-13-21-24(15-35(16)26(38)19-9-12-22(30)23(31)14-19)34-28(33-17(2)29(3,4)5)36(27(21)39)20-10-7-18(8-11-20)25(37)32-6/h7-12,14,16-17H,13,15H2,1-6H3,(H,32,37)(H,33,34)/t16-,17-/m1/s1. The van der Waals surface area contributed by atoms with Crippen molar-refractivity contribution in [3.05, 3.63) is 85.2 Å². The molecule has 2 heterocycles. The maximum atomic E-state index is 14.0. The van der Waals surface area contributed by atoms with E-state index < -0.39 is 0 Å². The van der Waals surface area contributed by atoms with Crippen molar-refractivity contribution in [1.82, 2.24) is 19.8 Å². The van der Waals surface area contributed by atoms with E-state index in [1.54, 1.807) is 59.0 Å². The van der Waals surface area contributed by atoms with Gasteiger partial charge in [-0.2, -0.15) is 0 Å². The first-order chi connectivity index (χ1) is 18.3. The summed E-state index contributed by atoms with van der Waals surface area (Å²) in [7, 11) is 1.57. The molecule has 8 nitrogen and oxygen atoms in total. The number of nitrogens with one attached hydrogen (secondary N) is 2. The Balaban J connectivity index is 1.79. The van der Waals surface area contributed by atoms with Gasteiger partial charge < -0.3 is 15.5 Å². The monoisotopic (exact) mass is 569 g/mol. The number of amides is 2. The van der Waals surface area contributed by atoms with Gasteiger partial charge in [0.05, 0.1) is 28.0 Å². The van der Waals surface area contributed by atoms with Crippen molar-refractivity contribution in [3.63, 3.8) is 0 Å². The maximum absolute atomic E-state index is 14.0. The Morgan fingerprint density at radius 3 is 2.28 bits per heavy atom. The number of rotatable bonds is 5. The van der Waals surface area contributed by atoms with E-state index in [0.29, 0.717) is 50.5 Å². The van der Waals surface area contributed by atoms with E-state index in [9.17, 15) is 14.4 Å². The van der Waals surface area contributed by atoms with Crippen LogP contribution in [0, 0.1) is 5.41 Å². The van der Waals surface area contributed by atoms with Gasteiger partial charge in [0.15, 0.2) is 0 Å². The summed E-state index contributed by atoms with van der Waals surface area (Å²) in [6.07, 6.45) is 0.347. The fourth-order valence-electron chi connectivity index (χ4n) is 4.38. The van der Waals surface area contributed by atoms with E-state index >= 15 is 0 Å². The molecule has 2 amide bonds. The Labute approximate surface area is 238 Å². The first-order valence-electron chi connectivity index (χ1n) is 12.8. The van der Waals surface area contributed by atoms with Gasteiger partial charge in [-0.15, -0.1) is 0 Å². The summed E-state index contributed by atoms with van der Waals surface area (Å²) in [5, 5.41) is 6.71. The number of carbonyl (C=O) groups is 2. The molecule has 0 unspecified atom stereocenters. The lowest BCUT2D eigenvalue weighted by molar-refractivity contribution is 0.0653. The number of anilines is 1. The molecule has 3 aromatic rings. The van der Waals surface area contributed by atoms with Crippen LogP contribution in [0.5, 0.6) is 0 Å². The van der Waals surface area contributed by atoms with Crippen molar-refractivity contribution in [1.29, 1.82) is 0 Å². The van der Waals surface area contributed by atoms with Crippen molar-refractivity contribution in [2.45, 2.75) is 59.7 Å². The van der Waals surface area contributed by atoms with Gasteiger partial charge in [0.2, 0.25) is 5.95 Å². The van der Waals surface area contributed by atoms with Crippen LogP contribution in [0.4, 0.5) is 5.95 Å². The maximum Gasteiger partial charge on any atom is 0.263 e. The van der Waals surface area contributed by atoms with Gasteiger partial charge in [-0.05, 0) is 68.1 Å². The third-order valence-electron chi connectivity index (χ3n) is 7.30. The van der Waals surface area contributed by atoms with Crippen molar-refractivity contribution >= 4 is 41.0 Å². The van der Waals surface area contributed by atoms with E-state index in [-0.39, 0.29) is 41.4 Å². The molecule has 206 valence electrons. The molecule has 1 aromatic heterocycles. The van der Waals surface area contributed by atoms with Crippen molar-refractivity contribution in [2.24, 2.45) is 5.41 Å². The van der Waals surface area contributed by atoms with Gasteiger partial charge in [0.1, 0.15) is 0 Å². The zero-order chi connectivity index (χ0) is 28.6. The summed E-state index contributed by atoms with van der Waals surface area (Å²) in [4.78, 5) is 46.1. The van der Waals surface area contributed by atoms with E-state index in [2.05, 4.69) is 31.4 Å². The molecular formula is C29H33Cl2N5O3. The number of hydrogen-bond acceptors (Lipinski definition) is 5. The molecule has 0 saturated heterocycles. The van der Waals surface area contributed by atoms with E-state index in [1.807, 2.05) is 13.8 Å².